The summed E-state index contributed by atoms with van der Waals surface area (Å²) in [7, 11) is 0. The van der Waals surface area contributed by atoms with Crippen molar-refractivity contribution in [3.8, 4) is 0 Å². The van der Waals surface area contributed by atoms with Crippen LogP contribution in [0.4, 0.5) is 0 Å². The van der Waals surface area contributed by atoms with E-state index in [1.165, 1.54) is 28.7 Å². The van der Waals surface area contributed by atoms with Gasteiger partial charge in [-0.1, -0.05) is 80.4 Å². The van der Waals surface area contributed by atoms with Crippen LogP contribution in [-0.4, -0.2) is 0 Å². The maximum atomic E-state index is 3.61. The fraction of sp³-hybridized carbons (Fsp3) is 0.238. The molecule has 2 aromatic carbocycles. The number of rotatable bonds is 5. The summed E-state index contributed by atoms with van der Waals surface area (Å²) >= 11 is 0. The topological polar surface area (TPSA) is 0 Å². The Hall–Kier alpha value is -0.496. The first-order valence-electron chi connectivity index (χ1n) is 7.80. The first-order valence-corrected chi connectivity index (χ1v) is 7.80. The summed E-state index contributed by atoms with van der Waals surface area (Å²) in [4.78, 5) is 0. The first kappa shape index (κ1) is 26.7. The van der Waals surface area contributed by atoms with Crippen molar-refractivity contribution in [3.05, 3.63) is 95.1 Å². The minimum absolute atomic E-state index is 0. The summed E-state index contributed by atoms with van der Waals surface area (Å²) in [6.07, 6.45) is 9.26. The standard InChI is InChI=1S/C21H21.3ClH.Ti/c1-2-10-17-15-9-16-20(17)21(18-11-5-3-6-12-18)19-13-7-4-8-14-19;;;;/h3-8,11-15,21H,2,9-10H2,1H3;3*1H;/q-1;;;;+4/p-3. The van der Waals surface area contributed by atoms with Gasteiger partial charge in [0.05, 0.1) is 0 Å². The zero-order valence-electron chi connectivity index (χ0n) is 14.2. The molecule has 4 heteroatoms. The van der Waals surface area contributed by atoms with Gasteiger partial charge in [0.15, 0.2) is 0 Å². The average Bonchev–Trinajstić information content (AvgIpc) is 2.98. The van der Waals surface area contributed by atoms with E-state index < -0.39 is 0 Å². The summed E-state index contributed by atoms with van der Waals surface area (Å²) < 4.78 is 0. The zero-order valence-corrected chi connectivity index (χ0v) is 18.0. The third-order valence-electron chi connectivity index (χ3n) is 4.06. The Morgan fingerprint density at radius 3 is 1.76 bits per heavy atom. The number of benzene rings is 2. The molecule has 0 aromatic heterocycles. The van der Waals surface area contributed by atoms with Crippen LogP contribution in [0.3, 0.4) is 0 Å². The predicted molar refractivity (Wildman–Crippen MR) is 89.1 cm³/mol. The molecule has 2 aromatic rings. The van der Waals surface area contributed by atoms with E-state index >= 15 is 0 Å². The Morgan fingerprint density at radius 1 is 0.840 bits per heavy atom. The van der Waals surface area contributed by atoms with Crippen molar-refractivity contribution in [2.45, 2.75) is 32.1 Å². The first-order chi connectivity index (χ1) is 10.4. The molecular formula is C21H21Cl3Ti. The molecule has 3 rings (SSSR count). The Bertz CT molecular complexity index is 612. The van der Waals surface area contributed by atoms with E-state index in [9.17, 15) is 0 Å². The Labute approximate surface area is 185 Å². The molecule has 0 spiro atoms. The van der Waals surface area contributed by atoms with E-state index in [1.54, 1.807) is 0 Å². The van der Waals surface area contributed by atoms with E-state index in [0.717, 1.165) is 12.8 Å². The molecule has 0 saturated carbocycles. The van der Waals surface area contributed by atoms with E-state index in [-0.39, 0.29) is 58.9 Å². The van der Waals surface area contributed by atoms with Crippen LogP contribution in [-0.2, 0) is 21.7 Å². The molecule has 0 saturated heterocycles. The van der Waals surface area contributed by atoms with Crippen LogP contribution >= 0.6 is 0 Å². The van der Waals surface area contributed by atoms with E-state index in [1.807, 2.05) is 0 Å². The number of hydrogen-bond donors (Lipinski definition) is 0. The molecule has 25 heavy (non-hydrogen) atoms. The van der Waals surface area contributed by atoms with Crippen molar-refractivity contribution in [1.82, 2.24) is 0 Å². The van der Waals surface area contributed by atoms with Gasteiger partial charge in [-0.3, -0.25) is 6.08 Å². The van der Waals surface area contributed by atoms with Gasteiger partial charge < -0.3 is 37.2 Å². The molecule has 0 radical (unpaired) electrons. The van der Waals surface area contributed by atoms with Gasteiger partial charge in [0.2, 0.25) is 0 Å². The molecule has 0 unspecified atom stereocenters. The Kier molecular flexibility index (Phi) is 14.6. The van der Waals surface area contributed by atoms with Crippen molar-refractivity contribution in [3.63, 3.8) is 0 Å². The van der Waals surface area contributed by atoms with Gasteiger partial charge in [-0.25, -0.2) is 5.57 Å². The summed E-state index contributed by atoms with van der Waals surface area (Å²) in [6.45, 7) is 2.25. The van der Waals surface area contributed by atoms with Crippen molar-refractivity contribution in [1.29, 1.82) is 0 Å². The third-order valence-corrected chi connectivity index (χ3v) is 4.06. The van der Waals surface area contributed by atoms with Gasteiger partial charge in [0.1, 0.15) is 0 Å². The van der Waals surface area contributed by atoms with Crippen LogP contribution in [0.25, 0.3) is 0 Å². The predicted octanol–water partition coefficient (Wildman–Crippen LogP) is -3.31. The van der Waals surface area contributed by atoms with Crippen LogP contribution in [0.5, 0.6) is 0 Å². The second-order valence-corrected chi connectivity index (χ2v) is 5.53. The van der Waals surface area contributed by atoms with Crippen LogP contribution < -0.4 is 37.2 Å². The Balaban J connectivity index is 0. The fourth-order valence-corrected chi connectivity index (χ4v) is 3.12. The quantitative estimate of drug-likeness (QED) is 0.346. The van der Waals surface area contributed by atoms with Gasteiger partial charge in [-0.15, -0.1) is 6.42 Å². The van der Waals surface area contributed by atoms with Crippen molar-refractivity contribution >= 4 is 0 Å². The molecule has 130 valence electrons. The van der Waals surface area contributed by atoms with Gasteiger partial charge in [-0.2, -0.15) is 11.6 Å². The Morgan fingerprint density at radius 2 is 1.32 bits per heavy atom. The summed E-state index contributed by atoms with van der Waals surface area (Å²) in [5.74, 6) is 0.313. The molecule has 0 N–H and O–H groups in total. The number of allylic oxidation sites excluding steroid dienone is 4. The van der Waals surface area contributed by atoms with Crippen molar-refractivity contribution in [2.24, 2.45) is 0 Å². The van der Waals surface area contributed by atoms with Gasteiger partial charge >= 0.3 is 21.7 Å². The second-order valence-electron chi connectivity index (χ2n) is 5.53. The van der Waals surface area contributed by atoms with Gasteiger partial charge in [0.25, 0.3) is 0 Å². The average molecular weight is 428 g/mol. The second kappa shape index (κ2) is 13.7. The fourth-order valence-electron chi connectivity index (χ4n) is 3.12. The number of halogens is 3. The van der Waals surface area contributed by atoms with Crippen molar-refractivity contribution < 1.29 is 58.9 Å². The molecule has 0 bridgehead atoms. The monoisotopic (exact) mass is 426 g/mol. The summed E-state index contributed by atoms with van der Waals surface area (Å²) in [5.41, 5.74) is 5.58. The normalized spacial score (nSPS) is 11.9. The van der Waals surface area contributed by atoms with E-state index in [4.69, 9.17) is 0 Å². The molecular weight excluding hydrogens is 406 g/mol. The molecule has 0 nitrogen and oxygen atoms in total. The zero-order chi connectivity index (χ0) is 14.5. The summed E-state index contributed by atoms with van der Waals surface area (Å²) in [5, 5.41) is 0. The molecule has 1 aliphatic carbocycles. The van der Waals surface area contributed by atoms with Crippen LogP contribution in [0.1, 0.15) is 43.2 Å². The molecule has 0 fully saturated rings. The maximum Gasteiger partial charge on any atom is 4.00 e. The smallest absolute Gasteiger partial charge is 1.00 e. The maximum absolute atomic E-state index is 3.61. The largest absolute Gasteiger partial charge is 4.00 e. The molecule has 0 heterocycles. The molecule has 0 aliphatic heterocycles. The van der Waals surface area contributed by atoms with Crippen LogP contribution in [0, 0.1) is 6.08 Å². The molecule has 0 atom stereocenters. The minimum atomic E-state index is 0. The van der Waals surface area contributed by atoms with Crippen LogP contribution in [0.15, 0.2) is 77.9 Å². The molecule has 1 aliphatic rings. The van der Waals surface area contributed by atoms with E-state index in [0.29, 0.717) is 5.92 Å². The third kappa shape index (κ3) is 6.63. The minimum Gasteiger partial charge on any atom is -1.00 e. The van der Waals surface area contributed by atoms with Gasteiger partial charge in [-0.05, 0) is 11.1 Å². The van der Waals surface area contributed by atoms with Crippen molar-refractivity contribution in [2.75, 3.05) is 0 Å². The van der Waals surface area contributed by atoms with E-state index in [2.05, 4.69) is 79.7 Å². The summed E-state index contributed by atoms with van der Waals surface area (Å²) in [6, 6.07) is 21.6. The van der Waals surface area contributed by atoms with Gasteiger partial charge in [0, 0.05) is 5.92 Å². The SMILES string of the molecule is CCCC1=CC[C-]=C1C(c1ccccc1)c1ccccc1.[Cl-].[Cl-].[Cl-].[Ti+4]. The molecule has 0 amide bonds. The number of hydrogen-bond acceptors (Lipinski definition) is 0. The van der Waals surface area contributed by atoms with Crippen LogP contribution in [0.2, 0.25) is 0 Å².